The molecule has 0 spiro atoms. The van der Waals surface area contributed by atoms with Crippen LogP contribution in [-0.2, 0) is 6.18 Å². The van der Waals surface area contributed by atoms with E-state index in [1.165, 1.54) is 4.68 Å². The predicted octanol–water partition coefficient (Wildman–Crippen LogP) is 4.25. The second-order valence-electron chi connectivity index (χ2n) is 7.33. The standard InChI is InChI=1S/C21H17BrF3N5O3/c22-19-18(13-26-29(20(19)31)15-4-2-1-3-5-15)28-10-8-27(9-11-28)16-7-6-14(21(23,24)25)12-17(16)30(32)33/h1-7,12-13H,8-11H2. The molecule has 1 aliphatic heterocycles. The number of alkyl halides is 3. The zero-order valence-corrected chi connectivity index (χ0v) is 18.6. The normalized spacial score (nSPS) is 14.4. The number of benzene rings is 2. The van der Waals surface area contributed by atoms with Crippen molar-refractivity contribution >= 4 is 33.0 Å². The van der Waals surface area contributed by atoms with Gasteiger partial charge in [0.25, 0.3) is 11.2 Å². The molecule has 0 bridgehead atoms. The van der Waals surface area contributed by atoms with Crippen LogP contribution in [0.4, 0.5) is 30.2 Å². The van der Waals surface area contributed by atoms with E-state index in [1.807, 2.05) is 11.0 Å². The van der Waals surface area contributed by atoms with Crippen LogP contribution in [-0.4, -0.2) is 40.9 Å². The van der Waals surface area contributed by atoms with Gasteiger partial charge >= 0.3 is 6.18 Å². The largest absolute Gasteiger partial charge is 0.416 e. The molecule has 3 aromatic rings. The van der Waals surface area contributed by atoms with Gasteiger partial charge < -0.3 is 9.80 Å². The Hall–Kier alpha value is -3.41. The van der Waals surface area contributed by atoms with Gasteiger partial charge in [0.2, 0.25) is 0 Å². The first-order chi connectivity index (χ1) is 15.7. The molecule has 0 aliphatic carbocycles. The fourth-order valence-corrected chi connectivity index (χ4v) is 4.22. The van der Waals surface area contributed by atoms with Crippen LogP contribution >= 0.6 is 15.9 Å². The highest BCUT2D eigenvalue weighted by atomic mass is 79.9. The summed E-state index contributed by atoms with van der Waals surface area (Å²) < 4.78 is 40.5. The van der Waals surface area contributed by atoms with Gasteiger partial charge in [0.1, 0.15) is 10.2 Å². The van der Waals surface area contributed by atoms with E-state index < -0.39 is 22.4 Å². The van der Waals surface area contributed by atoms with E-state index in [0.717, 1.165) is 12.1 Å². The van der Waals surface area contributed by atoms with E-state index in [9.17, 15) is 28.1 Å². The highest BCUT2D eigenvalue weighted by Crippen LogP contribution is 2.37. The molecular formula is C21H17BrF3N5O3. The third-order valence-electron chi connectivity index (χ3n) is 5.36. The smallest absolute Gasteiger partial charge is 0.366 e. The van der Waals surface area contributed by atoms with Crippen molar-refractivity contribution in [3.8, 4) is 5.69 Å². The molecule has 0 N–H and O–H groups in total. The van der Waals surface area contributed by atoms with E-state index in [2.05, 4.69) is 21.0 Å². The molecule has 12 heteroatoms. The quantitative estimate of drug-likeness (QED) is 0.375. The molecule has 172 valence electrons. The van der Waals surface area contributed by atoms with E-state index in [1.54, 1.807) is 35.4 Å². The lowest BCUT2D eigenvalue weighted by molar-refractivity contribution is -0.384. The summed E-state index contributed by atoms with van der Waals surface area (Å²) in [5.74, 6) is 0. The van der Waals surface area contributed by atoms with Crippen LogP contribution in [0.2, 0.25) is 0 Å². The van der Waals surface area contributed by atoms with Gasteiger partial charge in [0.05, 0.1) is 28.1 Å². The zero-order chi connectivity index (χ0) is 23.8. The molecule has 2 aromatic carbocycles. The highest BCUT2D eigenvalue weighted by Gasteiger charge is 2.34. The summed E-state index contributed by atoms with van der Waals surface area (Å²) in [4.78, 5) is 27.0. The monoisotopic (exact) mass is 523 g/mol. The topological polar surface area (TPSA) is 84.5 Å². The van der Waals surface area contributed by atoms with E-state index >= 15 is 0 Å². The molecule has 8 nitrogen and oxygen atoms in total. The fraction of sp³-hybridized carbons (Fsp3) is 0.238. The van der Waals surface area contributed by atoms with Crippen LogP contribution in [0.5, 0.6) is 0 Å². The third-order valence-corrected chi connectivity index (χ3v) is 6.11. The van der Waals surface area contributed by atoms with Gasteiger partial charge in [0, 0.05) is 32.2 Å². The minimum Gasteiger partial charge on any atom is -0.366 e. The molecule has 1 saturated heterocycles. The summed E-state index contributed by atoms with van der Waals surface area (Å²) in [7, 11) is 0. The number of aromatic nitrogens is 2. The molecule has 0 amide bonds. The number of piperazine rings is 1. The van der Waals surface area contributed by atoms with Crippen LogP contribution < -0.4 is 15.4 Å². The van der Waals surface area contributed by atoms with Gasteiger partial charge in [-0.1, -0.05) is 18.2 Å². The van der Waals surface area contributed by atoms with Crippen molar-refractivity contribution in [2.24, 2.45) is 0 Å². The second-order valence-corrected chi connectivity index (χ2v) is 8.12. The SMILES string of the molecule is O=c1c(Br)c(N2CCN(c3ccc(C(F)(F)F)cc3[N+](=O)[O-])CC2)cnn1-c1ccccc1. The van der Waals surface area contributed by atoms with Gasteiger partial charge in [-0.05, 0) is 40.2 Å². The van der Waals surface area contributed by atoms with Gasteiger partial charge in [-0.15, -0.1) is 0 Å². The molecule has 1 aliphatic rings. The Morgan fingerprint density at radius 2 is 1.58 bits per heavy atom. The zero-order valence-electron chi connectivity index (χ0n) is 17.0. The Morgan fingerprint density at radius 1 is 0.970 bits per heavy atom. The van der Waals surface area contributed by atoms with E-state index in [-0.39, 0.29) is 11.2 Å². The summed E-state index contributed by atoms with van der Waals surface area (Å²) in [5.41, 5.74) is -0.663. The molecule has 2 heterocycles. The first-order valence-electron chi connectivity index (χ1n) is 9.85. The number of para-hydroxylation sites is 1. The maximum absolute atomic E-state index is 13.0. The summed E-state index contributed by atoms with van der Waals surface area (Å²) in [6.07, 6.45) is -3.10. The highest BCUT2D eigenvalue weighted by molar-refractivity contribution is 9.10. The van der Waals surface area contributed by atoms with Crippen LogP contribution in [0, 0.1) is 10.1 Å². The van der Waals surface area contributed by atoms with Gasteiger partial charge in [-0.2, -0.15) is 23.0 Å². The van der Waals surface area contributed by atoms with Crippen LogP contribution in [0.15, 0.2) is 64.0 Å². The molecule has 33 heavy (non-hydrogen) atoms. The van der Waals surface area contributed by atoms with Crippen molar-refractivity contribution in [2.45, 2.75) is 6.18 Å². The minimum absolute atomic E-state index is 0.129. The average Bonchev–Trinajstić information content (AvgIpc) is 2.80. The summed E-state index contributed by atoms with van der Waals surface area (Å²) in [5, 5.41) is 15.7. The average molecular weight is 524 g/mol. The van der Waals surface area contributed by atoms with Crippen LogP contribution in [0.25, 0.3) is 5.69 Å². The van der Waals surface area contributed by atoms with Crippen molar-refractivity contribution in [3.05, 3.63) is 85.2 Å². The lowest BCUT2D eigenvalue weighted by Crippen LogP contribution is -2.47. The maximum Gasteiger partial charge on any atom is 0.416 e. The lowest BCUT2D eigenvalue weighted by Gasteiger charge is -2.37. The van der Waals surface area contributed by atoms with Crippen LogP contribution in [0.3, 0.4) is 0 Å². The molecule has 1 aromatic heterocycles. The molecule has 4 rings (SSSR count). The van der Waals surface area contributed by atoms with Crippen molar-refractivity contribution < 1.29 is 18.1 Å². The van der Waals surface area contributed by atoms with E-state index in [4.69, 9.17) is 0 Å². The molecule has 0 unspecified atom stereocenters. The molecule has 0 saturated carbocycles. The Labute approximate surface area is 194 Å². The van der Waals surface area contributed by atoms with Crippen molar-refractivity contribution in [2.75, 3.05) is 36.0 Å². The van der Waals surface area contributed by atoms with E-state index in [0.29, 0.717) is 48.1 Å². The minimum atomic E-state index is -4.67. The maximum atomic E-state index is 13.0. The number of anilines is 2. The number of hydrogen-bond donors (Lipinski definition) is 0. The Balaban J connectivity index is 1.55. The van der Waals surface area contributed by atoms with Crippen molar-refractivity contribution in [1.29, 1.82) is 0 Å². The number of rotatable bonds is 4. The molecule has 1 fully saturated rings. The first kappa shape index (κ1) is 22.8. The Morgan fingerprint density at radius 3 is 2.15 bits per heavy atom. The lowest BCUT2D eigenvalue weighted by atomic mass is 10.1. The van der Waals surface area contributed by atoms with Crippen molar-refractivity contribution in [3.63, 3.8) is 0 Å². The second kappa shape index (κ2) is 8.85. The van der Waals surface area contributed by atoms with Crippen molar-refractivity contribution in [1.82, 2.24) is 9.78 Å². The molecular weight excluding hydrogens is 507 g/mol. The number of nitrogens with zero attached hydrogens (tertiary/aromatic N) is 5. The number of hydrogen-bond acceptors (Lipinski definition) is 6. The Bertz CT molecular complexity index is 1240. The first-order valence-corrected chi connectivity index (χ1v) is 10.6. The number of nitro groups is 1. The third kappa shape index (κ3) is 4.56. The summed E-state index contributed by atoms with van der Waals surface area (Å²) >= 11 is 3.36. The van der Waals surface area contributed by atoms with Crippen LogP contribution in [0.1, 0.15) is 5.56 Å². The fourth-order valence-electron chi connectivity index (χ4n) is 3.70. The Kier molecular flexibility index (Phi) is 6.11. The number of halogens is 4. The predicted molar refractivity (Wildman–Crippen MR) is 120 cm³/mol. The van der Waals surface area contributed by atoms with Gasteiger partial charge in [0.15, 0.2) is 0 Å². The van der Waals surface area contributed by atoms with Gasteiger partial charge in [-0.25, -0.2) is 0 Å². The molecule has 0 radical (unpaired) electrons. The summed E-state index contributed by atoms with van der Waals surface area (Å²) in [6.45, 7) is 1.43. The summed E-state index contributed by atoms with van der Waals surface area (Å²) in [6, 6.07) is 11.5. The molecule has 0 atom stereocenters. The van der Waals surface area contributed by atoms with Gasteiger partial charge in [-0.3, -0.25) is 14.9 Å². The number of nitro benzene ring substituents is 1.